The molecule has 1 aromatic carbocycles. The summed E-state index contributed by atoms with van der Waals surface area (Å²) in [6.07, 6.45) is 1.92. The van der Waals surface area contributed by atoms with Crippen LogP contribution in [-0.2, 0) is 4.79 Å². The number of carbonyl (C=O) groups excluding carboxylic acids is 1. The van der Waals surface area contributed by atoms with E-state index in [0.717, 1.165) is 19.4 Å². The monoisotopic (exact) mass is 282 g/mol. The van der Waals surface area contributed by atoms with Crippen LogP contribution >= 0.6 is 11.6 Å². The highest BCUT2D eigenvalue weighted by atomic mass is 35.5. The predicted octanol–water partition coefficient (Wildman–Crippen LogP) is 2.68. The third kappa shape index (κ3) is 3.19. The molecule has 1 heterocycles. The van der Waals surface area contributed by atoms with Gasteiger partial charge in [0.2, 0.25) is 5.91 Å². The third-order valence-electron chi connectivity index (χ3n) is 3.56. The second kappa shape index (κ2) is 5.80. The molecule has 2 N–H and O–H groups in total. The molecule has 104 valence electrons. The Morgan fingerprint density at radius 3 is 2.89 bits per heavy atom. The lowest BCUT2D eigenvalue weighted by atomic mass is 9.82. The first-order chi connectivity index (χ1) is 9.05. The average Bonchev–Trinajstić information content (AvgIpc) is 2.40. The SMILES string of the molecule is COc1ccc(NC(=O)C2(C)CCCNC2)cc1Cl. The molecule has 0 spiro atoms. The summed E-state index contributed by atoms with van der Waals surface area (Å²) < 4.78 is 5.09. The summed E-state index contributed by atoms with van der Waals surface area (Å²) in [4.78, 5) is 12.3. The van der Waals surface area contributed by atoms with Crippen molar-refractivity contribution in [3.8, 4) is 5.75 Å². The smallest absolute Gasteiger partial charge is 0.231 e. The van der Waals surface area contributed by atoms with Gasteiger partial charge in [0.1, 0.15) is 5.75 Å². The number of halogens is 1. The Kier molecular flexibility index (Phi) is 4.32. The van der Waals surface area contributed by atoms with Crippen LogP contribution in [0.1, 0.15) is 19.8 Å². The Bertz CT molecular complexity index is 471. The first kappa shape index (κ1) is 14.2. The number of rotatable bonds is 3. The zero-order valence-electron chi connectivity index (χ0n) is 11.3. The number of hydrogen-bond donors (Lipinski definition) is 2. The Morgan fingerprint density at radius 1 is 1.53 bits per heavy atom. The normalized spacial score (nSPS) is 22.9. The fourth-order valence-corrected chi connectivity index (χ4v) is 2.53. The third-order valence-corrected chi connectivity index (χ3v) is 3.85. The van der Waals surface area contributed by atoms with Crippen molar-refractivity contribution in [2.24, 2.45) is 5.41 Å². The van der Waals surface area contributed by atoms with E-state index < -0.39 is 0 Å². The molecule has 1 atom stereocenters. The Labute approximate surface area is 118 Å². The Balaban J connectivity index is 2.08. The van der Waals surface area contributed by atoms with Gasteiger partial charge in [0.25, 0.3) is 0 Å². The van der Waals surface area contributed by atoms with Gasteiger partial charge in [0.05, 0.1) is 17.5 Å². The standard InChI is InChI=1S/C14H19ClN2O2/c1-14(6-3-7-16-9-14)13(18)17-10-4-5-12(19-2)11(15)8-10/h4-5,8,16H,3,6-7,9H2,1-2H3,(H,17,18). The van der Waals surface area contributed by atoms with Gasteiger partial charge in [-0.2, -0.15) is 0 Å². The molecule has 1 aliphatic heterocycles. The first-order valence-electron chi connectivity index (χ1n) is 6.41. The zero-order chi connectivity index (χ0) is 13.9. The maximum absolute atomic E-state index is 12.3. The highest BCUT2D eigenvalue weighted by Crippen LogP contribution is 2.30. The van der Waals surface area contributed by atoms with Gasteiger partial charge in [-0.3, -0.25) is 4.79 Å². The van der Waals surface area contributed by atoms with Crippen molar-refractivity contribution < 1.29 is 9.53 Å². The molecule has 2 rings (SSSR count). The van der Waals surface area contributed by atoms with Gasteiger partial charge in [-0.05, 0) is 44.5 Å². The predicted molar refractivity (Wildman–Crippen MR) is 76.8 cm³/mol. The van der Waals surface area contributed by atoms with E-state index in [0.29, 0.717) is 23.0 Å². The van der Waals surface area contributed by atoms with Crippen LogP contribution in [0.3, 0.4) is 0 Å². The second-order valence-corrected chi connectivity index (χ2v) is 5.55. The molecule has 19 heavy (non-hydrogen) atoms. The van der Waals surface area contributed by atoms with Crippen LogP contribution in [0.15, 0.2) is 18.2 Å². The maximum atomic E-state index is 12.3. The van der Waals surface area contributed by atoms with Crippen LogP contribution < -0.4 is 15.4 Å². The van der Waals surface area contributed by atoms with Crippen LogP contribution in [-0.4, -0.2) is 26.1 Å². The number of ether oxygens (including phenoxy) is 1. The molecule has 0 aliphatic carbocycles. The molecule has 1 fully saturated rings. The van der Waals surface area contributed by atoms with E-state index in [-0.39, 0.29) is 11.3 Å². The van der Waals surface area contributed by atoms with Gasteiger partial charge >= 0.3 is 0 Å². The van der Waals surface area contributed by atoms with E-state index in [4.69, 9.17) is 16.3 Å². The van der Waals surface area contributed by atoms with Gasteiger partial charge in [-0.25, -0.2) is 0 Å². The lowest BCUT2D eigenvalue weighted by Crippen LogP contribution is -2.46. The molecule has 1 aromatic rings. The van der Waals surface area contributed by atoms with Crippen LogP contribution in [0.2, 0.25) is 5.02 Å². The van der Waals surface area contributed by atoms with Crippen molar-refractivity contribution in [3.05, 3.63) is 23.2 Å². The van der Waals surface area contributed by atoms with Crippen molar-refractivity contribution in [2.45, 2.75) is 19.8 Å². The molecule has 1 aliphatic rings. The van der Waals surface area contributed by atoms with Gasteiger partial charge < -0.3 is 15.4 Å². The van der Waals surface area contributed by atoms with Crippen LogP contribution in [0.5, 0.6) is 5.75 Å². The minimum absolute atomic E-state index is 0.0286. The molecule has 1 amide bonds. The molecular formula is C14H19ClN2O2. The van der Waals surface area contributed by atoms with Crippen LogP contribution in [0.25, 0.3) is 0 Å². The number of piperidine rings is 1. The summed E-state index contributed by atoms with van der Waals surface area (Å²) in [5.74, 6) is 0.631. The number of benzene rings is 1. The molecule has 0 bridgehead atoms. The molecule has 0 saturated carbocycles. The summed E-state index contributed by atoms with van der Waals surface area (Å²) in [7, 11) is 1.56. The van der Waals surface area contributed by atoms with E-state index in [1.54, 1.807) is 25.3 Å². The summed E-state index contributed by atoms with van der Waals surface area (Å²) in [6.45, 7) is 3.68. The molecule has 5 heteroatoms. The summed E-state index contributed by atoms with van der Waals surface area (Å²) in [5, 5.41) is 6.68. The van der Waals surface area contributed by atoms with Crippen molar-refractivity contribution in [2.75, 3.05) is 25.5 Å². The largest absolute Gasteiger partial charge is 0.495 e. The summed E-state index contributed by atoms with van der Waals surface area (Å²) in [5.41, 5.74) is 0.340. The number of carbonyl (C=O) groups is 1. The van der Waals surface area contributed by atoms with Gasteiger partial charge in [-0.15, -0.1) is 0 Å². The second-order valence-electron chi connectivity index (χ2n) is 5.14. The molecule has 1 unspecified atom stereocenters. The Morgan fingerprint density at radius 2 is 2.32 bits per heavy atom. The molecule has 0 aromatic heterocycles. The van der Waals surface area contributed by atoms with E-state index in [1.807, 2.05) is 6.92 Å². The first-order valence-corrected chi connectivity index (χ1v) is 6.79. The highest BCUT2D eigenvalue weighted by molar-refractivity contribution is 6.32. The van der Waals surface area contributed by atoms with Crippen LogP contribution in [0.4, 0.5) is 5.69 Å². The number of anilines is 1. The van der Waals surface area contributed by atoms with Gasteiger partial charge in [0.15, 0.2) is 0 Å². The molecule has 0 radical (unpaired) electrons. The van der Waals surface area contributed by atoms with Crippen molar-refractivity contribution in [3.63, 3.8) is 0 Å². The van der Waals surface area contributed by atoms with Crippen LogP contribution in [0, 0.1) is 5.41 Å². The lowest BCUT2D eigenvalue weighted by molar-refractivity contribution is -0.125. The Hall–Kier alpha value is -1.26. The fraction of sp³-hybridized carbons (Fsp3) is 0.500. The number of hydrogen-bond acceptors (Lipinski definition) is 3. The van der Waals surface area contributed by atoms with E-state index in [2.05, 4.69) is 10.6 Å². The minimum atomic E-state index is -0.356. The number of methoxy groups -OCH3 is 1. The summed E-state index contributed by atoms with van der Waals surface area (Å²) >= 11 is 6.04. The van der Waals surface area contributed by atoms with Crippen molar-refractivity contribution in [1.29, 1.82) is 0 Å². The minimum Gasteiger partial charge on any atom is -0.495 e. The van der Waals surface area contributed by atoms with Gasteiger partial charge in [-0.1, -0.05) is 11.6 Å². The van der Waals surface area contributed by atoms with E-state index in [1.165, 1.54) is 0 Å². The maximum Gasteiger partial charge on any atom is 0.231 e. The quantitative estimate of drug-likeness (QED) is 0.896. The van der Waals surface area contributed by atoms with E-state index in [9.17, 15) is 4.79 Å². The summed E-state index contributed by atoms with van der Waals surface area (Å²) in [6, 6.07) is 5.25. The number of amides is 1. The molecular weight excluding hydrogens is 264 g/mol. The van der Waals surface area contributed by atoms with Crippen molar-refractivity contribution in [1.82, 2.24) is 5.32 Å². The van der Waals surface area contributed by atoms with E-state index >= 15 is 0 Å². The topological polar surface area (TPSA) is 50.4 Å². The number of nitrogens with one attached hydrogen (secondary N) is 2. The molecule has 1 saturated heterocycles. The van der Waals surface area contributed by atoms with Gasteiger partial charge in [0, 0.05) is 12.2 Å². The molecule has 4 nitrogen and oxygen atoms in total. The van der Waals surface area contributed by atoms with Crippen molar-refractivity contribution >= 4 is 23.2 Å². The lowest BCUT2D eigenvalue weighted by Gasteiger charge is -2.32. The average molecular weight is 283 g/mol. The zero-order valence-corrected chi connectivity index (χ0v) is 12.0. The fourth-order valence-electron chi connectivity index (χ4n) is 2.28. The highest BCUT2D eigenvalue weighted by Gasteiger charge is 2.34.